The molecule has 0 aromatic rings. The first-order valence-corrected chi connectivity index (χ1v) is 6.37. The molecule has 4 nitrogen and oxygen atoms in total. The average Bonchev–Trinajstić information content (AvgIpc) is 2.78. The first-order chi connectivity index (χ1) is 7.70. The van der Waals surface area contributed by atoms with Crippen LogP contribution in [0.25, 0.3) is 0 Å². The Morgan fingerprint density at radius 1 is 1.06 bits per heavy atom. The van der Waals surface area contributed by atoms with Gasteiger partial charge in [-0.3, -0.25) is 4.79 Å². The van der Waals surface area contributed by atoms with Gasteiger partial charge in [0.25, 0.3) is 0 Å². The average molecular weight is 225 g/mol. The highest BCUT2D eigenvalue weighted by Gasteiger charge is 2.39. The molecule has 2 N–H and O–H groups in total. The molecule has 0 radical (unpaired) electrons. The van der Waals surface area contributed by atoms with Crippen LogP contribution in [-0.2, 0) is 4.79 Å². The minimum absolute atomic E-state index is 0.132. The van der Waals surface area contributed by atoms with Crippen molar-refractivity contribution >= 4 is 13.0 Å². The summed E-state index contributed by atoms with van der Waals surface area (Å²) in [5, 5.41) is 18.5. The van der Waals surface area contributed by atoms with Crippen molar-refractivity contribution in [1.29, 1.82) is 0 Å². The summed E-state index contributed by atoms with van der Waals surface area (Å²) in [5.41, 5.74) is 0. The number of carbonyl (C=O) groups is 1. The van der Waals surface area contributed by atoms with E-state index in [0.29, 0.717) is 6.54 Å². The molecule has 2 fully saturated rings. The highest BCUT2D eigenvalue weighted by atomic mass is 16.4. The van der Waals surface area contributed by atoms with E-state index in [1.807, 2.05) is 0 Å². The largest absolute Gasteiger partial charge is 0.475 e. The van der Waals surface area contributed by atoms with Crippen LogP contribution >= 0.6 is 0 Å². The van der Waals surface area contributed by atoms with Crippen LogP contribution in [-0.4, -0.2) is 40.5 Å². The molecule has 2 rings (SSSR count). The summed E-state index contributed by atoms with van der Waals surface area (Å²) < 4.78 is 0. The summed E-state index contributed by atoms with van der Waals surface area (Å²) in [7, 11) is -1.38. The van der Waals surface area contributed by atoms with E-state index in [2.05, 4.69) is 0 Å². The van der Waals surface area contributed by atoms with Crippen LogP contribution in [0.5, 0.6) is 0 Å². The minimum Gasteiger partial charge on any atom is -0.426 e. The zero-order valence-electron chi connectivity index (χ0n) is 9.64. The second-order valence-electron chi connectivity index (χ2n) is 4.99. The van der Waals surface area contributed by atoms with Gasteiger partial charge in [-0.05, 0) is 25.7 Å². The Morgan fingerprint density at radius 2 is 1.75 bits per heavy atom. The summed E-state index contributed by atoms with van der Waals surface area (Å²) in [6, 6.07) is 0. The maximum atomic E-state index is 12.2. The van der Waals surface area contributed by atoms with Crippen molar-refractivity contribution < 1.29 is 14.8 Å². The van der Waals surface area contributed by atoms with Crippen LogP contribution in [0.1, 0.15) is 44.9 Å². The van der Waals surface area contributed by atoms with Crippen molar-refractivity contribution in [3.63, 3.8) is 0 Å². The second-order valence-corrected chi connectivity index (χ2v) is 4.99. The third kappa shape index (κ3) is 2.41. The molecule has 1 heterocycles. The predicted octanol–water partition coefficient (Wildman–Crippen LogP) is 0.570. The van der Waals surface area contributed by atoms with E-state index in [1.165, 1.54) is 6.42 Å². The second kappa shape index (κ2) is 5.19. The van der Waals surface area contributed by atoms with Crippen LogP contribution in [0, 0.1) is 5.92 Å². The zero-order valence-corrected chi connectivity index (χ0v) is 9.64. The Labute approximate surface area is 96.8 Å². The van der Waals surface area contributed by atoms with Crippen molar-refractivity contribution in [1.82, 2.24) is 4.90 Å². The molecule has 1 saturated carbocycles. The fraction of sp³-hybridized carbons (Fsp3) is 0.909. The molecule has 2 aliphatic rings. The summed E-state index contributed by atoms with van der Waals surface area (Å²) in [5.74, 6) is -0.0853. The van der Waals surface area contributed by atoms with Gasteiger partial charge in [0, 0.05) is 12.5 Å². The van der Waals surface area contributed by atoms with Crippen molar-refractivity contribution in [2.24, 2.45) is 5.92 Å². The molecule has 0 aromatic carbocycles. The molecular formula is C11H20BNO3. The molecule has 0 spiro atoms. The number of hydrogen-bond donors (Lipinski definition) is 2. The van der Waals surface area contributed by atoms with Gasteiger partial charge >= 0.3 is 7.12 Å². The van der Waals surface area contributed by atoms with E-state index in [4.69, 9.17) is 0 Å². The normalized spacial score (nSPS) is 27.1. The molecule has 1 amide bonds. The van der Waals surface area contributed by atoms with Gasteiger partial charge < -0.3 is 14.9 Å². The monoisotopic (exact) mass is 225 g/mol. The molecule has 1 atom stereocenters. The van der Waals surface area contributed by atoms with Gasteiger partial charge in [0.1, 0.15) is 0 Å². The van der Waals surface area contributed by atoms with Crippen LogP contribution in [0.2, 0.25) is 0 Å². The topological polar surface area (TPSA) is 60.8 Å². The molecular weight excluding hydrogens is 205 g/mol. The minimum atomic E-state index is -1.38. The number of rotatable bonds is 2. The van der Waals surface area contributed by atoms with Crippen molar-refractivity contribution in [3.05, 3.63) is 0 Å². The zero-order chi connectivity index (χ0) is 11.5. The molecule has 1 unspecified atom stereocenters. The van der Waals surface area contributed by atoms with E-state index >= 15 is 0 Å². The van der Waals surface area contributed by atoms with E-state index in [0.717, 1.165) is 38.5 Å². The van der Waals surface area contributed by atoms with Gasteiger partial charge in [-0.2, -0.15) is 0 Å². The first-order valence-electron chi connectivity index (χ1n) is 6.37. The summed E-state index contributed by atoms with van der Waals surface area (Å²) >= 11 is 0. The Hall–Kier alpha value is -0.545. The smallest absolute Gasteiger partial charge is 0.426 e. The lowest BCUT2D eigenvalue weighted by atomic mass is 9.77. The molecule has 5 heteroatoms. The molecule has 16 heavy (non-hydrogen) atoms. The van der Waals surface area contributed by atoms with Gasteiger partial charge in [-0.1, -0.05) is 19.3 Å². The predicted molar refractivity (Wildman–Crippen MR) is 61.5 cm³/mol. The van der Waals surface area contributed by atoms with Crippen LogP contribution < -0.4 is 0 Å². The van der Waals surface area contributed by atoms with Crippen LogP contribution in [0.4, 0.5) is 0 Å². The Morgan fingerprint density at radius 3 is 2.38 bits per heavy atom. The molecule has 90 valence electrons. The highest BCUT2D eigenvalue weighted by molar-refractivity contribution is 6.43. The fourth-order valence-electron chi connectivity index (χ4n) is 2.96. The molecule has 1 aliphatic heterocycles. The van der Waals surface area contributed by atoms with Gasteiger partial charge in [-0.25, -0.2) is 0 Å². The molecule has 0 bridgehead atoms. The van der Waals surface area contributed by atoms with E-state index in [9.17, 15) is 14.8 Å². The van der Waals surface area contributed by atoms with E-state index in [1.54, 1.807) is 4.90 Å². The van der Waals surface area contributed by atoms with Crippen molar-refractivity contribution in [2.75, 3.05) is 6.54 Å². The lowest BCUT2D eigenvalue weighted by Gasteiger charge is -2.30. The molecule has 1 aliphatic carbocycles. The maximum Gasteiger partial charge on any atom is 0.475 e. The van der Waals surface area contributed by atoms with Crippen molar-refractivity contribution in [3.8, 4) is 0 Å². The third-order valence-electron chi connectivity index (χ3n) is 3.88. The van der Waals surface area contributed by atoms with Gasteiger partial charge in [0.15, 0.2) is 0 Å². The van der Waals surface area contributed by atoms with Gasteiger partial charge in [0.2, 0.25) is 5.91 Å². The lowest BCUT2D eigenvalue weighted by molar-refractivity contribution is -0.136. The number of amides is 1. The summed E-state index contributed by atoms with van der Waals surface area (Å²) in [4.78, 5) is 13.9. The Bertz CT molecular complexity index is 254. The Kier molecular flexibility index (Phi) is 3.87. The quantitative estimate of drug-likeness (QED) is 0.675. The van der Waals surface area contributed by atoms with Crippen molar-refractivity contribution in [2.45, 2.75) is 50.9 Å². The van der Waals surface area contributed by atoms with E-state index in [-0.39, 0.29) is 17.8 Å². The van der Waals surface area contributed by atoms with E-state index < -0.39 is 7.12 Å². The SMILES string of the molecule is O=C(C1CCCCC1)N1CCCC1B(O)O. The Balaban J connectivity index is 1.97. The summed E-state index contributed by atoms with van der Waals surface area (Å²) in [6.07, 6.45) is 7.06. The molecule has 0 aromatic heterocycles. The molecule has 1 saturated heterocycles. The number of carbonyl (C=O) groups excluding carboxylic acids is 1. The maximum absolute atomic E-state index is 12.2. The van der Waals surface area contributed by atoms with Crippen LogP contribution in [0.15, 0.2) is 0 Å². The highest BCUT2D eigenvalue weighted by Crippen LogP contribution is 2.28. The fourth-order valence-corrected chi connectivity index (χ4v) is 2.96. The van der Waals surface area contributed by atoms with Gasteiger partial charge in [-0.15, -0.1) is 0 Å². The first kappa shape index (κ1) is 11.9. The number of likely N-dealkylation sites (tertiary alicyclic amines) is 1. The van der Waals surface area contributed by atoms with Gasteiger partial charge in [0.05, 0.1) is 5.94 Å². The number of hydrogen-bond acceptors (Lipinski definition) is 3. The van der Waals surface area contributed by atoms with Crippen LogP contribution in [0.3, 0.4) is 0 Å². The summed E-state index contributed by atoms with van der Waals surface area (Å²) in [6.45, 7) is 0.692. The third-order valence-corrected chi connectivity index (χ3v) is 3.88. The lowest BCUT2D eigenvalue weighted by Crippen LogP contribution is -2.48. The number of nitrogens with zero attached hydrogens (tertiary/aromatic N) is 1. The standard InChI is InChI=1S/C11H20BNO3/c14-11(9-5-2-1-3-6-9)13-8-4-7-10(13)12(15)16/h9-10,15-16H,1-8H2.